The summed E-state index contributed by atoms with van der Waals surface area (Å²) in [7, 11) is 1.72. The van der Waals surface area contributed by atoms with E-state index in [2.05, 4.69) is 29.3 Å². The number of aromatic amines is 1. The summed E-state index contributed by atoms with van der Waals surface area (Å²) in [5, 5.41) is 0. The van der Waals surface area contributed by atoms with Crippen molar-refractivity contribution in [3.63, 3.8) is 0 Å². The van der Waals surface area contributed by atoms with Crippen molar-refractivity contribution in [1.29, 1.82) is 0 Å². The summed E-state index contributed by atoms with van der Waals surface area (Å²) in [6.07, 6.45) is 7.66. The molecule has 3 aromatic heterocycles. The first kappa shape index (κ1) is 23.8. The Labute approximate surface area is 212 Å². The Bertz CT molecular complexity index is 1480. The number of hydrogen-bond acceptors (Lipinski definition) is 6. The highest BCUT2D eigenvalue weighted by atomic mass is 19.2. The van der Waals surface area contributed by atoms with Gasteiger partial charge in [0.15, 0.2) is 23.1 Å². The van der Waals surface area contributed by atoms with Gasteiger partial charge < -0.3 is 14.4 Å². The summed E-state index contributed by atoms with van der Waals surface area (Å²) in [6.45, 7) is 5.51. The number of imidazole rings is 2. The van der Waals surface area contributed by atoms with E-state index in [9.17, 15) is 13.6 Å². The highest BCUT2D eigenvalue weighted by Gasteiger charge is 2.28. The Balaban J connectivity index is 1.25. The lowest BCUT2D eigenvalue weighted by atomic mass is 9.95. The molecule has 0 radical (unpaired) electrons. The molecule has 6 rings (SSSR count). The highest BCUT2D eigenvalue weighted by molar-refractivity contribution is 5.83. The van der Waals surface area contributed by atoms with Gasteiger partial charge in [0.2, 0.25) is 0 Å². The van der Waals surface area contributed by atoms with Crippen LogP contribution in [0.1, 0.15) is 37.4 Å². The predicted molar refractivity (Wildman–Crippen MR) is 137 cm³/mol. The van der Waals surface area contributed by atoms with E-state index < -0.39 is 11.6 Å². The van der Waals surface area contributed by atoms with Gasteiger partial charge in [-0.05, 0) is 57.0 Å². The number of likely N-dealkylation sites (tertiary alicyclic amines) is 1. The van der Waals surface area contributed by atoms with E-state index in [-0.39, 0.29) is 11.6 Å². The molecule has 4 aromatic rings. The molecule has 9 nitrogen and oxygen atoms in total. The predicted octanol–water partition coefficient (Wildman–Crippen LogP) is 3.28. The standard InChI is InChI=1S/C26H30F2N8O/c1-33-22-23(32-26(33)37)29-16-30-25(22)35-10-6-17(7-11-35)24-31-21(18-4-5-19(27)20(28)14-18)15-36(24)13-12-34-8-2-3-9-34/h4-5,14-17H,2-3,6-13H2,1H3,(H,29,30,32,37). The van der Waals surface area contributed by atoms with Crippen LogP contribution in [0.25, 0.3) is 22.4 Å². The van der Waals surface area contributed by atoms with Gasteiger partial charge in [-0.15, -0.1) is 0 Å². The number of rotatable bonds is 6. The zero-order chi connectivity index (χ0) is 25.5. The molecule has 0 aliphatic carbocycles. The fourth-order valence-electron chi connectivity index (χ4n) is 5.62. The van der Waals surface area contributed by atoms with E-state index in [4.69, 9.17) is 4.98 Å². The number of anilines is 1. The van der Waals surface area contributed by atoms with Gasteiger partial charge in [0.05, 0.1) is 5.69 Å². The van der Waals surface area contributed by atoms with Crippen LogP contribution in [0.4, 0.5) is 14.6 Å². The van der Waals surface area contributed by atoms with Crippen LogP contribution in [-0.2, 0) is 13.6 Å². The number of piperidine rings is 1. The van der Waals surface area contributed by atoms with Crippen LogP contribution < -0.4 is 10.6 Å². The lowest BCUT2D eigenvalue weighted by Gasteiger charge is -2.33. The van der Waals surface area contributed by atoms with Crippen LogP contribution >= 0.6 is 0 Å². The first-order chi connectivity index (χ1) is 18.0. The third-order valence-corrected chi connectivity index (χ3v) is 7.71. The molecule has 0 spiro atoms. The fraction of sp³-hybridized carbons (Fsp3) is 0.462. The smallest absolute Gasteiger partial charge is 0.327 e. The van der Waals surface area contributed by atoms with Gasteiger partial charge in [-0.25, -0.2) is 28.5 Å². The first-order valence-electron chi connectivity index (χ1n) is 12.9. The van der Waals surface area contributed by atoms with Gasteiger partial charge >= 0.3 is 5.69 Å². The third-order valence-electron chi connectivity index (χ3n) is 7.71. The number of H-pyrrole nitrogens is 1. The maximum absolute atomic E-state index is 14.0. The van der Waals surface area contributed by atoms with Gasteiger partial charge in [-0.1, -0.05) is 0 Å². The molecule has 0 atom stereocenters. The second-order valence-corrected chi connectivity index (χ2v) is 10.0. The van der Waals surface area contributed by atoms with Gasteiger partial charge in [0.25, 0.3) is 0 Å². The monoisotopic (exact) mass is 508 g/mol. The van der Waals surface area contributed by atoms with Crippen LogP contribution in [0.5, 0.6) is 0 Å². The van der Waals surface area contributed by atoms with Crippen molar-refractivity contribution in [3.05, 3.63) is 58.7 Å². The van der Waals surface area contributed by atoms with Crippen LogP contribution in [0.15, 0.2) is 35.5 Å². The second kappa shape index (κ2) is 9.70. The molecule has 2 saturated heterocycles. The zero-order valence-electron chi connectivity index (χ0n) is 20.8. The van der Waals surface area contributed by atoms with E-state index in [1.807, 2.05) is 6.20 Å². The largest absolute Gasteiger partial charge is 0.355 e. The lowest BCUT2D eigenvalue weighted by molar-refractivity contribution is 0.317. The van der Waals surface area contributed by atoms with E-state index in [1.165, 1.54) is 25.2 Å². The number of halogens is 2. The number of nitrogens with one attached hydrogen (secondary N) is 1. The molecular formula is C26H30F2N8O. The minimum Gasteiger partial charge on any atom is -0.355 e. The average Bonchev–Trinajstić information content (AvgIpc) is 3.64. The van der Waals surface area contributed by atoms with Crippen molar-refractivity contribution < 1.29 is 8.78 Å². The summed E-state index contributed by atoms with van der Waals surface area (Å²) in [5.74, 6) is 0.240. The number of aromatic nitrogens is 6. The molecule has 5 heterocycles. The van der Waals surface area contributed by atoms with Gasteiger partial charge in [-0.2, -0.15) is 0 Å². The van der Waals surface area contributed by atoms with Crippen molar-refractivity contribution in [2.45, 2.75) is 38.1 Å². The Hall–Kier alpha value is -3.60. The van der Waals surface area contributed by atoms with Gasteiger partial charge in [0, 0.05) is 50.9 Å². The van der Waals surface area contributed by atoms with E-state index in [1.54, 1.807) is 17.7 Å². The molecule has 37 heavy (non-hydrogen) atoms. The summed E-state index contributed by atoms with van der Waals surface area (Å²) < 4.78 is 31.3. The Kier molecular flexibility index (Phi) is 6.23. The van der Waals surface area contributed by atoms with E-state index >= 15 is 0 Å². The maximum Gasteiger partial charge on any atom is 0.327 e. The Morgan fingerprint density at radius 2 is 1.81 bits per heavy atom. The van der Waals surface area contributed by atoms with Gasteiger partial charge in [-0.3, -0.25) is 9.55 Å². The van der Waals surface area contributed by atoms with Crippen molar-refractivity contribution in [3.8, 4) is 11.3 Å². The maximum atomic E-state index is 14.0. The van der Waals surface area contributed by atoms with Crippen LogP contribution in [0.3, 0.4) is 0 Å². The molecule has 0 unspecified atom stereocenters. The average molecular weight is 509 g/mol. The molecule has 0 bridgehead atoms. The molecule has 1 N–H and O–H groups in total. The molecule has 0 saturated carbocycles. The summed E-state index contributed by atoms with van der Waals surface area (Å²) >= 11 is 0. The second-order valence-electron chi connectivity index (χ2n) is 10.0. The molecule has 194 valence electrons. The molecule has 11 heteroatoms. The Morgan fingerprint density at radius 3 is 2.57 bits per heavy atom. The quantitative estimate of drug-likeness (QED) is 0.430. The summed E-state index contributed by atoms with van der Waals surface area (Å²) in [4.78, 5) is 33.2. The number of aryl methyl sites for hydroxylation is 1. The van der Waals surface area contributed by atoms with Crippen LogP contribution in [-0.4, -0.2) is 66.7 Å². The minimum absolute atomic E-state index is 0.212. The number of nitrogens with zero attached hydrogens (tertiary/aromatic N) is 7. The molecule has 1 aromatic carbocycles. The van der Waals surface area contributed by atoms with Crippen molar-refractivity contribution in [2.75, 3.05) is 37.6 Å². The number of hydrogen-bond donors (Lipinski definition) is 1. The number of fused-ring (bicyclic) bond motifs is 1. The van der Waals surface area contributed by atoms with Crippen LogP contribution in [0.2, 0.25) is 0 Å². The number of benzene rings is 1. The van der Waals surface area contributed by atoms with Crippen molar-refractivity contribution in [1.82, 2.24) is 34.0 Å². The first-order valence-corrected chi connectivity index (χ1v) is 12.9. The normalized spacial score (nSPS) is 17.3. The highest BCUT2D eigenvalue weighted by Crippen LogP contribution is 2.33. The summed E-state index contributed by atoms with van der Waals surface area (Å²) in [6, 6.07) is 3.96. The molecule has 2 fully saturated rings. The van der Waals surface area contributed by atoms with Crippen LogP contribution in [0, 0.1) is 11.6 Å². The molecule has 2 aliphatic heterocycles. The van der Waals surface area contributed by atoms with E-state index in [0.29, 0.717) is 22.4 Å². The summed E-state index contributed by atoms with van der Waals surface area (Å²) in [5.41, 5.74) is 2.27. The zero-order valence-corrected chi connectivity index (χ0v) is 20.8. The van der Waals surface area contributed by atoms with Crippen molar-refractivity contribution >= 4 is 17.0 Å². The minimum atomic E-state index is -0.866. The van der Waals surface area contributed by atoms with Gasteiger partial charge in [0.1, 0.15) is 17.7 Å². The third kappa shape index (κ3) is 4.52. The molecular weight excluding hydrogens is 478 g/mol. The SMILES string of the molecule is Cn1c(=O)[nH]c2ncnc(N3CCC(c4nc(-c5ccc(F)c(F)c5)cn4CCN4CCCC4)CC3)c21. The lowest BCUT2D eigenvalue weighted by Crippen LogP contribution is -2.35. The molecule has 2 aliphatic rings. The Morgan fingerprint density at radius 1 is 1.03 bits per heavy atom. The van der Waals surface area contributed by atoms with Crippen molar-refractivity contribution in [2.24, 2.45) is 7.05 Å². The topological polar surface area (TPSA) is 87.9 Å². The molecule has 0 amide bonds. The fourth-order valence-corrected chi connectivity index (χ4v) is 5.62. The van der Waals surface area contributed by atoms with E-state index in [0.717, 1.165) is 69.8 Å².